The Morgan fingerprint density at radius 1 is 0.400 bits per heavy atom. The second-order valence-corrected chi connectivity index (χ2v) is 38.3. The first-order chi connectivity index (χ1) is 59.8. The molecule has 0 aliphatic carbocycles. The van der Waals surface area contributed by atoms with Gasteiger partial charge in [0, 0.05) is 88.7 Å². The molecule has 0 radical (unpaired) electrons. The lowest BCUT2D eigenvalue weighted by molar-refractivity contribution is 0.0713. The van der Waals surface area contributed by atoms with Crippen molar-refractivity contribution >= 4 is 156 Å². The molecule has 0 bridgehead atoms. The summed E-state index contributed by atoms with van der Waals surface area (Å²) in [7, 11) is -12.2. The van der Waals surface area contributed by atoms with E-state index in [-0.39, 0.29) is 58.7 Å². The van der Waals surface area contributed by atoms with E-state index in [2.05, 4.69) is 29.1 Å². The van der Waals surface area contributed by atoms with Crippen LogP contribution in [0.15, 0.2) is 234 Å². The minimum Gasteiger partial charge on any atom is -0.494 e. The van der Waals surface area contributed by atoms with E-state index < -0.39 is 53.0 Å². The molecule has 4 aromatic heterocycles. The van der Waals surface area contributed by atoms with Crippen molar-refractivity contribution in [2.75, 3.05) is 32.9 Å². The Hall–Kier alpha value is -11.0. The molecule has 1 aliphatic rings. The van der Waals surface area contributed by atoms with Gasteiger partial charge in [0.2, 0.25) is 10.0 Å². The van der Waals surface area contributed by atoms with Gasteiger partial charge in [-0.05, 0) is 269 Å². The summed E-state index contributed by atoms with van der Waals surface area (Å²) in [6, 6.07) is 64.4. The molecule has 10 aromatic carbocycles. The van der Waals surface area contributed by atoms with Crippen molar-refractivity contribution in [2.45, 2.75) is 114 Å². The number of hydrogen-bond donors (Lipinski definition) is 6. The van der Waals surface area contributed by atoms with Gasteiger partial charge in [-0.25, -0.2) is 39.4 Å². The quantitative estimate of drug-likeness (QED) is 0.0249. The third kappa shape index (κ3) is 22.6. The highest BCUT2D eigenvalue weighted by Crippen LogP contribution is 2.35. The van der Waals surface area contributed by atoms with Gasteiger partial charge >= 0.3 is 0 Å². The monoisotopic (exact) mass is 1860 g/mol. The fourth-order valence-corrected chi connectivity index (χ4v) is 19.3. The van der Waals surface area contributed by atoms with E-state index >= 15 is 0 Å². The number of rotatable bonds is 28. The number of carbonyl (C=O) groups excluding carboxylic acids is 4. The fourth-order valence-electron chi connectivity index (χ4n) is 15.2. The number of nitrogens with one attached hydrogen (secondary N) is 6. The zero-order chi connectivity index (χ0) is 89.0. The van der Waals surface area contributed by atoms with Crippen LogP contribution in [0.5, 0.6) is 17.2 Å². The van der Waals surface area contributed by atoms with Crippen molar-refractivity contribution in [3.63, 3.8) is 0 Å². The molecule has 21 nitrogen and oxygen atoms in total. The Bertz CT molecular complexity index is 6630. The van der Waals surface area contributed by atoms with Crippen molar-refractivity contribution in [1.29, 1.82) is 0 Å². The first-order valence-corrected chi connectivity index (χ1v) is 47.0. The first kappa shape index (κ1) is 91.7. The number of hydrogen-bond acceptors (Lipinski definition) is 13. The largest absolute Gasteiger partial charge is 0.494 e. The maximum atomic E-state index is 13.6. The molecule has 1 aliphatic heterocycles. The molecule has 14 aromatic rings. The van der Waals surface area contributed by atoms with Crippen LogP contribution in [-0.4, -0.2) is 111 Å². The number of aryl methyl sites for hydroxylation is 9. The third-order valence-electron chi connectivity index (χ3n) is 21.5. The second-order valence-electron chi connectivity index (χ2n) is 30.5. The van der Waals surface area contributed by atoms with Gasteiger partial charge in [-0.3, -0.25) is 19.2 Å². The van der Waals surface area contributed by atoms with E-state index in [1.165, 1.54) is 24.3 Å². The van der Waals surface area contributed by atoms with E-state index in [4.69, 9.17) is 83.8 Å². The molecular weight excluding hydrogens is 1770 g/mol. The van der Waals surface area contributed by atoms with Crippen LogP contribution in [-0.2, 0) is 55.9 Å². The standard InChI is InChI=1S/C37H38Cl2N4O5S.C32H28Cl2N2O4S.C26H24Cl2N2O4S/c1-24-20-28(21-25(2)34(24)39)48-19-7-10-31-30-13-12-27(38)22-32(30)40-35(31)36(44)41-49(46,47)29-14-17-42(18-15-29)37(45)33-11-6-16-43(33)23-26-8-4-3-5-9-26;1-20-17-25(18-21(2)30(20)34)40-16-6-9-28-27-15-12-24(33)19-29(27)35-31(28)32(37)36-41(38,39)26-13-10-23(11-14-26)22-7-4-3-5-8-22;1-16-13-19(14-17(2)24(16)28)34-12-6-9-22-21-11-10-18(27)15-23(21)29-25(22)26(31)30-35(32,33)20-7-4-3-5-8-20/h3-6,8-9,11-13,16,20-22,29,40H,7,10,14-15,17-19,23H2,1-2H3,(H,41,44);3-5,7-8,10-15,17-19,35H,6,9,16H2,1-2H3,(H,36,37);3-5,7-8,10-11,13-15,29H,6,9,12H2,1-2H3,(H,30,31). The van der Waals surface area contributed by atoms with Crippen LogP contribution in [0.1, 0.15) is 130 Å². The van der Waals surface area contributed by atoms with Crippen molar-refractivity contribution in [3.8, 4) is 28.4 Å². The average Bonchev–Trinajstić information content (AvgIpc) is 1.64. The van der Waals surface area contributed by atoms with E-state index in [0.717, 1.165) is 82.8 Å². The number of amides is 4. The number of ether oxygens (including phenoxy) is 3. The lowest BCUT2D eigenvalue weighted by Gasteiger charge is -2.31. The number of piperidine rings is 1. The topological polar surface area (TPSA) is 290 Å². The third-order valence-corrected chi connectivity index (χ3v) is 28.5. The number of halogens is 6. The van der Waals surface area contributed by atoms with Gasteiger partial charge < -0.3 is 38.6 Å². The predicted molar refractivity (Wildman–Crippen MR) is 497 cm³/mol. The number of benzene rings is 10. The van der Waals surface area contributed by atoms with Crippen LogP contribution >= 0.6 is 69.6 Å². The van der Waals surface area contributed by atoms with Crippen LogP contribution in [0, 0.1) is 41.5 Å². The number of likely N-dealkylation sites (tertiary alicyclic amines) is 1. The minimum absolute atomic E-state index is 0.00631. The number of carbonyl (C=O) groups is 4. The zero-order valence-corrected chi connectivity index (χ0v) is 76.0. The molecule has 0 atom stereocenters. The molecule has 4 amide bonds. The summed E-state index contributed by atoms with van der Waals surface area (Å²) in [6.07, 6.45) is 5.48. The molecule has 648 valence electrons. The number of sulfonamides is 3. The van der Waals surface area contributed by atoms with Gasteiger partial charge in [0.05, 0.1) is 34.9 Å². The van der Waals surface area contributed by atoms with Gasteiger partial charge in [0.15, 0.2) is 0 Å². The lowest BCUT2D eigenvalue weighted by Crippen LogP contribution is -2.47. The summed E-state index contributed by atoms with van der Waals surface area (Å²) < 4.78 is 105. The molecule has 0 spiro atoms. The van der Waals surface area contributed by atoms with E-state index in [9.17, 15) is 44.4 Å². The summed E-state index contributed by atoms with van der Waals surface area (Å²) in [5.41, 5.74) is 13.6. The second kappa shape index (κ2) is 40.5. The molecule has 5 heterocycles. The van der Waals surface area contributed by atoms with Crippen LogP contribution in [0.3, 0.4) is 0 Å². The summed E-state index contributed by atoms with van der Waals surface area (Å²) in [5.74, 6) is -0.204. The molecule has 15 rings (SSSR count). The van der Waals surface area contributed by atoms with Crippen molar-refractivity contribution in [3.05, 3.63) is 333 Å². The molecule has 1 fully saturated rings. The van der Waals surface area contributed by atoms with Crippen LogP contribution < -0.4 is 28.4 Å². The summed E-state index contributed by atoms with van der Waals surface area (Å²) >= 11 is 37.3. The normalized spacial score (nSPS) is 12.5. The highest BCUT2D eigenvalue weighted by molar-refractivity contribution is 7.91. The van der Waals surface area contributed by atoms with Gasteiger partial charge in [-0.2, -0.15) is 0 Å². The van der Waals surface area contributed by atoms with Crippen molar-refractivity contribution < 1.29 is 58.6 Å². The molecule has 0 unspecified atom stereocenters. The predicted octanol–water partition coefficient (Wildman–Crippen LogP) is 21.4. The number of H-pyrrole nitrogens is 3. The lowest BCUT2D eigenvalue weighted by atomic mass is 10.1. The molecule has 125 heavy (non-hydrogen) atoms. The number of aromatic amines is 3. The molecule has 30 heteroatoms. The van der Waals surface area contributed by atoms with Crippen molar-refractivity contribution in [1.82, 2.24) is 38.6 Å². The summed E-state index contributed by atoms with van der Waals surface area (Å²) in [4.78, 5) is 64.3. The Balaban J connectivity index is 0.000000163. The van der Waals surface area contributed by atoms with Crippen LogP contribution in [0.4, 0.5) is 0 Å². The van der Waals surface area contributed by atoms with E-state index in [0.29, 0.717) is 135 Å². The Kier molecular flexibility index (Phi) is 29.7. The smallest absolute Gasteiger partial charge is 0.281 e. The average molecular weight is 1860 g/mol. The Labute approximate surface area is 756 Å². The number of fused-ring (bicyclic) bond motifs is 3. The van der Waals surface area contributed by atoms with Gasteiger partial charge in [-0.15, -0.1) is 0 Å². The van der Waals surface area contributed by atoms with Gasteiger partial charge in [0.25, 0.3) is 43.7 Å². The molecule has 0 saturated carbocycles. The first-order valence-electron chi connectivity index (χ1n) is 40.3. The molecular formula is C95H90Cl6N8O13S3. The van der Waals surface area contributed by atoms with Crippen molar-refractivity contribution in [2.24, 2.45) is 0 Å². The number of aromatic nitrogens is 4. The highest BCUT2D eigenvalue weighted by Gasteiger charge is 2.35. The fraction of sp³-hybridized carbons (Fsp3) is 0.221. The minimum atomic E-state index is -4.12. The maximum absolute atomic E-state index is 13.6. The SMILES string of the molecule is Cc1cc(OCCCc2c(C(=O)NS(=O)(=O)C3CCN(C(=O)c4cccn4Cc4ccccc4)CC3)[nH]c3cc(Cl)ccc23)cc(C)c1Cl.Cc1cc(OCCCc2c(C(=O)NS(=O)(=O)c3ccc(-c4ccccc4)cc3)[nH]c3cc(Cl)ccc23)cc(C)c1Cl.Cc1cc(OCCCc2c(C(=O)NS(=O)(=O)c3ccccc3)[nH]c3cc(Cl)ccc23)cc(C)c1Cl. The molecule has 6 N–H and O–H groups in total. The van der Waals surface area contributed by atoms with E-state index in [1.54, 1.807) is 77.7 Å². The van der Waals surface area contributed by atoms with E-state index in [1.807, 2.05) is 174 Å². The van der Waals surface area contributed by atoms with Gasteiger partial charge in [0.1, 0.15) is 40.0 Å². The maximum Gasteiger partial charge on any atom is 0.281 e. The Morgan fingerprint density at radius 2 is 0.744 bits per heavy atom. The zero-order valence-electron chi connectivity index (χ0n) is 69.0. The van der Waals surface area contributed by atoms with Crippen LogP contribution in [0.2, 0.25) is 30.1 Å². The highest BCUT2D eigenvalue weighted by atomic mass is 35.5. The number of nitrogens with zero attached hydrogens (tertiary/aromatic N) is 2. The Morgan fingerprint density at radius 3 is 1.13 bits per heavy atom. The van der Waals surface area contributed by atoms with Gasteiger partial charge in [-0.1, -0.05) is 179 Å². The van der Waals surface area contributed by atoms with Crippen LogP contribution in [0.25, 0.3) is 43.8 Å². The summed E-state index contributed by atoms with van der Waals surface area (Å²) in [5, 5.41) is 5.20. The molecule has 1 saturated heterocycles. The summed E-state index contributed by atoms with van der Waals surface area (Å²) in [6.45, 7) is 13.8.